The lowest BCUT2D eigenvalue weighted by Crippen LogP contribution is -2.28. The van der Waals surface area contributed by atoms with Crippen molar-refractivity contribution in [2.45, 2.75) is 25.9 Å². The first-order valence-electron chi connectivity index (χ1n) is 8.46. The van der Waals surface area contributed by atoms with E-state index in [9.17, 15) is 18.0 Å². The van der Waals surface area contributed by atoms with Crippen LogP contribution in [0.2, 0.25) is 0 Å². The second-order valence-electron chi connectivity index (χ2n) is 6.35. The average molecular weight is 388 g/mol. The van der Waals surface area contributed by atoms with E-state index in [0.717, 1.165) is 22.9 Å². The van der Waals surface area contributed by atoms with Crippen molar-refractivity contribution in [3.63, 3.8) is 0 Å². The van der Waals surface area contributed by atoms with Gasteiger partial charge in [-0.15, -0.1) is 0 Å². The maximum atomic E-state index is 13.4. The molecule has 1 aliphatic heterocycles. The normalized spacial score (nSPS) is 13.5. The number of aromatic amines is 1. The van der Waals surface area contributed by atoms with Crippen LogP contribution in [-0.4, -0.2) is 15.2 Å². The van der Waals surface area contributed by atoms with Gasteiger partial charge in [0.15, 0.2) is 0 Å². The van der Waals surface area contributed by atoms with Crippen molar-refractivity contribution < 1.29 is 17.9 Å². The zero-order chi connectivity index (χ0) is 19.7. The van der Waals surface area contributed by atoms with Gasteiger partial charge in [-0.2, -0.15) is 18.3 Å². The first kappa shape index (κ1) is 18.0. The first-order chi connectivity index (χ1) is 13.4. The van der Waals surface area contributed by atoms with Crippen molar-refractivity contribution in [1.29, 1.82) is 0 Å². The molecule has 0 amide bonds. The summed E-state index contributed by atoms with van der Waals surface area (Å²) in [6.45, 7) is 0.741. The third kappa shape index (κ3) is 3.42. The number of hydrogen-bond donors (Lipinski definition) is 1. The van der Waals surface area contributed by atoms with Crippen molar-refractivity contribution in [3.8, 4) is 5.75 Å². The molecule has 0 aliphatic carbocycles. The molecule has 0 atom stereocenters. The second kappa shape index (κ2) is 6.99. The molecule has 1 N–H and O–H groups in total. The molecule has 4 rings (SSSR count). The number of nitrogens with zero attached hydrogens (tertiary/aromatic N) is 3. The number of pyridine rings is 1. The van der Waals surface area contributed by atoms with Gasteiger partial charge in [0.1, 0.15) is 17.9 Å². The van der Waals surface area contributed by atoms with Crippen LogP contribution in [0.25, 0.3) is 0 Å². The van der Waals surface area contributed by atoms with Crippen molar-refractivity contribution in [2.24, 2.45) is 0 Å². The Morgan fingerprint density at radius 2 is 1.93 bits per heavy atom. The Labute approximate surface area is 157 Å². The second-order valence-corrected chi connectivity index (χ2v) is 6.35. The van der Waals surface area contributed by atoms with Gasteiger partial charge in [0.2, 0.25) is 0 Å². The number of H-pyrrole nitrogens is 1. The number of nitrogens with one attached hydrogen (secondary N) is 1. The maximum Gasteiger partial charge on any atom is 0.423 e. The van der Waals surface area contributed by atoms with Crippen LogP contribution >= 0.6 is 0 Å². The highest BCUT2D eigenvalue weighted by atomic mass is 19.4. The Hall–Kier alpha value is -3.36. The van der Waals surface area contributed by atoms with Gasteiger partial charge in [-0.05, 0) is 29.3 Å². The zero-order valence-electron chi connectivity index (χ0n) is 14.5. The third-order valence-electron chi connectivity index (χ3n) is 4.54. The number of rotatable bonds is 4. The van der Waals surface area contributed by atoms with Gasteiger partial charge in [-0.1, -0.05) is 12.1 Å². The summed E-state index contributed by atoms with van der Waals surface area (Å²) in [5.74, 6) is 0.600. The number of alkyl halides is 3. The summed E-state index contributed by atoms with van der Waals surface area (Å²) in [4.78, 5) is 17.2. The lowest BCUT2D eigenvalue weighted by atomic mass is 10.1. The van der Waals surface area contributed by atoms with Gasteiger partial charge < -0.3 is 9.64 Å². The summed E-state index contributed by atoms with van der Waals surface area (Å²) < 4.78 is 46.0. The lowest BCUT2D eigenvalue weighted by molar-refractivity contribution is -0.138. The molecule has 0 saturated heterocycles. The molecular formula is C19H15F3N4O2. The van der Waals surface area contributed by atoms with Crippen LogP contribution in [-0.2, 0) is 25.9 Å². The quantitative estimate of drug-likeness (QED) is 0.743. The molecular weight excluding hydrogens is 373 g/mol. The summed E-state index contributed by atoms with van der Waals surface area (Å²) in [5, 5.41) is 5.41. The standard InChI is InChI=1S/C19H15F3N4O2/c20-19(21,22)17-15(8-24-25-18(17)27)26-9-13-2-1-3-16(14(13)10-26)28-11-12-4-6-23-7-5-12/h1-8H,9-11H2,(H,25,27). The molecule has 0 radical (unpaired) electrons. The fourth-order valence-electron chi connectivity index (χ4n) is 3.24. The van der Waals surface area contributed by atoms with Crippen LogP contribution in [0.5, 0.6) is 5.75 Å². The zero-order valence-corrected chi connectivity index (χ0v) is 14.5. The monoisotopic (exact) mass is 388 g/mol. The number of fused-ring (bicyclic) bond motifs is 1. The number of anilines is 1. The SMILES string of the molecule is O=c1[nH]ncc(N2Cc3cccc(OCc4ccncc4)c3C2)c1C(F)(F)F. The molecule has 3 aromatic rings. The van der Waals surface area contributed by atoms with Crippen molar-refractivity contribution >= 4 is 5.69 Å². The average Bonchev–Trinajstić information content (AvgIpc) is 3.11. The van der Waals surface area contributed by atoms with Crippen LogP contribution in [0.4, 0.5) is 18.9 Å². The Morgan fingerprint density at radius 3 is 2.68 bits per heavy atom. The molecule has 3 heterocycles. The molecule has 0 saturated carbocycles. The van der Waals surface area contributed by atoms with Crippen LogP contribution in [0.15, 0.2) is 53.7 Å². The van der Waals surface area contributed by atoms with Gasteiger partial charge in [-0.25, -0.2) is 5.10 Å². The number of aromatic nitrogens is 3. The first-order valence-corrected chi connectivity index (χ1v) is 8.46. The molecule has 0 spiro atoms. The third-order valence-corrected chi connectivity index (χ3v) is 4.54. The van der Waals surface area contributed by atoms with E-state index < -0.39 is 17.3 Å². The Kier molecular flexibility index (Phi) is 4.50. The molecule has 0 unspecified atom stereocenters. The number of halogens is 3. The molecule has 0 bridgehead atoms. The molecule has 1 aliphatic rings. The minimum atomic E-state index is -4.78. The molecule has 28 heavy (non-hydrogen) atoms. The van der Waals surface area contributed by atoms with E-state index in [2.05, 4.69) is 10.1 Å². The highest BCUT2D eigenvalue weighted by Crippen LogP contribution is 2.39. The summed E-state index contributed by atoms with van der Waals surface area (Å²) in [5.41, 5.74) is -0.164. The van der Waals surface area contributed by atoms with Crippen LogP contribution in [0.3, 0.4) is 0 Å². The maximum absolute atomic E-state index is 13.4. The Morgan fingerprint density at radius 1 is 1.14 bits per heavy atom. The van der Waals surface area contributed by atoms with Gasteiger partial charge in [0.25, 0.3) is 5.56 Å². The molecule has 6 nitrogen and oxygen atoms in total. The highest BCUT2D eigenvalue weighted by molar-refractivity contribution is 5.58. The molecule has 0 fully saturated rings. The fraction of sp³-hybridized carbons (Fsp3) is 0.211. The van der Waals surface area contributed by atoms with Gasteiger partial charge in [0.05, 0.1) is 11.9 Å². The number of ether oxygens (including phenoxy) is 1. The van der Waals surface area contributed by atoms with E-state index in [0.29, 0.717) is 12.4 Å². The summed E-state index contributed by atoms with van der Waals surface area (Å²) in [6.07, 6.45) is -0.419. The molecule has 2 aromatic heterocycles. The number of hydrogen-bond acceptors (Lipinski definition) is 5. The molecule has 1 aromatic carbocycles. The summed E-state index contributed by atoms with van der Waals surface area (Å²) in [7, 11) is 0. The van der Waals surface area contributed by atoms with Crippen molar-refractivity contribution in [1.82, 2.24) is 15.2 Å². The van der Waals surface area contributed by atoms with E-state index in [4.69, 9.17) is 4.74 Å². The van der Waals surface area contributed by atoms with E-state index in [1.165, 1.54) is 4.90 Å². The largest absolute Gasteiger partial charge is 0.489 e. The predicted octanol–water partition coefficient (Wildman–Crippen LogP) is 3.28. The predicted molar refractivity (Wildman–Crippen MR) is 94.8 cm³/mol. The van der Waals surface area contributed by atoms with E-state index in [-0.39, 0.29) is 18.8 Å². The highest BCUT2D eigenvalue weighted by Gasteiger charge is 2.39. The van der Waals surface area contributed by atoms with Crippen LogP contribution in [0.1, 0.15) is 22.3 Å². The van der Waals surface area contributed by atoms with Crippen molar-refractivity contribution in [3.05, 3.63) is 81.5 Å². The van der Waals surface area contributed by atoms with Gasteiger partial charge >= 0.3 is 6.18 Å². The van der Waals surface area contributed by atoms with Crippen LogP contribution < -0.4 is 15.2 Å². The van der Waals surface area contributed by atoms with E-state index in [1.807, 2.05) is 23.3 Å². The number of benzene rings is 1. The van der Waals surface area contributed by atoms with E-state index in [1.54, 1.807) is 24.5 Å². The Bertz CT molecular complexity index is 1050. The van der Waals surface area contributed by atoms with Crippen LogP contribution in [0, 0.1) is 0 Å². The topological polar surface area (TPSA) is 71.1 Å². The van der Waals surface area contributed by atoms with E-state index >= 15 is 0 Å². The Balaban J connectivity index is 1.62. The lowest BCUT2D eigenvalue weighted by Gasteiger charge is -2.21. The van der Waals surface area contributed by atoms with Gasteiger partial charge in [-0.3, -0.25) is 9.78 Å². The summed E-state index contributed by atoms with van der Waals surface area (Å²) in [6, 6.07) is 9.07. The minimum absolute atomic E-state index is 0.191. The smallest absolute Gasteiger partial charge is 0.423 e. The fourth-order valence-corrected chi connectivity index (χ4v) is 3.24. The van der Waals surface area contributed by atoms with Gasteiger partial charge in [0, 0.05) is 31.0 Å². The molecule has 144 valence electrons. The molecule has 9 heteroatoms. The van der Waals surface area contributed by atoms with Crippen molar-refractivity contribution in [2.75, 3.05) is 4.90 Å². The minimum Gasteiger partial charge on any atom is -0.489 e. The summed E-state index contributed by atoms with van der Waals surface area (Å²) >= 11 is 0.